The van der Waals surface area contributed by atoms with Crippen LogP contribution in [0.5, 0.6) is 0 Å². The number of nitrogen functional groups attached to an aromatic ring is 1. The van der Waals surface area contributed by atoms with Crippen molar-refractivity contribution in [1.82, 2.24) is 10.4 Å². The van der Waals surface area contributed by atoms with Gasteiger partial charge in [0.1, 0.15) is 0 Å². The van der Waals surface area contributed by atoms with E-state index < -0.39 is 6.09 Å². The fourth-order valence-electron chi connectivity index (χ4n) is 1.41. The quantitative estimate of drug-likeness (QED) is 0.571. The molecular weight excluding hydrogens is 208 g/mol. The summed E-state index contributed by atoms with van der Waals surface area (Å²) in [7, 11) is 0. The molecule has 0 bridgehead atoms. The van der Waals surface area contributed by atoms with Gasteiger partial charge >= 0.3 is 6.09 Å². The van der Waals surface area contributed by atoms with E-state index in [4.69, 9.17) is 10.8 Å². The summed E-state index contributed by atoms with van der Waals surface area (Å²) < 4.78 is 0. The molecule has 6 heteroatoms. The molecule has 0 unspecified atom stereocenters. The summed E-state index contributed by atoms with van der Waals surface area (Å²) in [5, 5.41) is 9.27. The number of benzene rings is 1. The number of hydrazine groups is 1. The van der Waals surface area contributed by atoms with Gasteiger partial charge < -0.3 is 10.8 Å². The minimum atomic E-state index is -1.18. The number of hydrogen-bond donors (Lipinski definition) is 4. The van der Waals surface area contributed by atoms with E-state index in [2.05, 4.69) is 15.8 Å². The molecule has 0 atom stereocenters. The third-order valence-corrected chi connectivity index (χ3v) is 2.10. The molecule has 0 spiro atoms. The minimum Gasteiger partial charge on any atom is -0.464 e. The Kier molecular flexibility index (Phi) is 2.47. The van der Waals surface area contributed by atoms with Gasteiger partial charge in [-0.3, -0.25) is 10.4 Å². The molecule has 2 aromatic rings. The molecule has 0 saturated heterocycles. The Morgan fingerprint density at radius 2 is 2.12 bits per heavy atom. The zero-order valence-electron chi connectivity index (χ0n) is 8.27. The van der Waals surface area contributed by atoms with Crippen molar-refractivity contribution in [2.45, 2.75) is 0 Å². The van der Waals surface area contributed by atoms with Crippen LogP contribution in [0.3, 0.4) is 0 Å². The standard InChI is InChI=1S/C10H10N4O2/c11-7-5-12-8-4-2-1-3-6(8)9(7)13-14-10(15)16/h1-5,14H,11H2,(H,12,13)(H,15,16). The molecule has 1 aromatic carbocycles. The number of aromatic nitrogens is 1. The fourth-order valence-corrected chi connectivity index (χ4v) is 1.41. The molecule has 5 N–H and O–H groups in total. The number of carboxylic acid groups (broad SMARTS) is 1. The molecule has 1 heterocycles. The number of amides is 1. The van der Waals surface area contributed by atoms with Gasteiger partial charge in [-0.15, -0.1) is 0 Å². The van der Waals surface area contributed by atoms with Crippen molar-refractivity contribution >= 4 is 28.4 Å². The third-order valence-electron chi connectivity index (χ3n) is 2.10. The van der Waals surface area contributed by atoms with Crippen LogP contribution in [0, 0.1) is 0 Å². The second-order valence-corrected chi connectivity index (χ2v) is 3.16. The number of rotatable bonds is 2. The zero-order chi connectivity index (χ0) is 11.5. The van der Waals surface area contributed by atoms with Crippen LogP contribution in [0.2, 0.25) is 0 Å². The lowest BCUT2D eigenvalue weighted by Crippen LogP contribution is -2.28. The zero-order valence-corrected chi connectivity index (χ0v) is 8.27. The average molecular weight is 218 g/mol. The molecule has 0 fully saturated rings. The lowest BCUT2D eigenvalue weighted by Gasteiger charge is -2.10. The topological polar surface area (TPSA) is 100 Å². The van der Waals surface area contributed by atoms with Crippen LogP contribution in [0.15, 0.2) is 30.5 Å². The van der Waals surface area contributed by atoms with Gasteiger partial charge in [0.05, 0.1) is 23.1 Å². The number of nitrogens with zero attached hydrogens (tertiary/aromatic N) is 1. The molecule has 16 heavy (non-hydrogen) atoms. The molecular formula is C10H10N4O2. The first-order chi connectivity index (χ1) is 7.68. The van der Waals surface area contributed by atoms with Crippen molar-refractivity contribution in [3.63, 3.8) is 0 Å². The predicted octanol–water partition coefficient (Wildman–Crippen LogP) is 1.41. The summed E-state index contributed by atoms with van der Waals surface area (Å²) >= 11 is 0. The molecule has 0 aliphatic carbocycles. The van der Waals surface area contributed by atoms with Crippen LogP contribution in [0.25, 0.3) is 10.9 Å². The number of para-hydroxylation sites is 1. The van der Waals surface area contributed by atoms with Crippen molar-refractivity contribution in [2.24, 2.45) is 0 Å². The largest absolute Gasteiger partial charge is 0.464 e. The van der Waals surface area contributed by atoms with Crippen molar-refractivity contribution < 1.29 is 9.90 Å². The molecule has 0 aliphatic heterocycles. The lowest BCUT2D eigenvalue weighted by atomic mass is 10.2. The minimum absolute atomic E-state index is 0.382. The molecule has 6 nitrogen and oxygen atoms in total. The Labute approximate surface area is 91.1 Å². The summed E-state index contributed by atoms with van der Waals surface area (Å²) in [6.45, 7) is 0. The SMILES string of the molecule is Nc1cnc2ccccc2c1NNC(=O)O. The Balaban J connectivity index is 2.48. The number of pyridine rings is 1. The monoisotopic (exact) mass is 218 g/mol. The van der Waals surface area contributed by atoms with Crippen LogP contribution in [-0.2, 0) is 0 Å². The first-order valence-corrected chi connectivity index (χ1v) is 4.56. The molecule has 1 aromatic heterocycles. The average Bonchev–Trinajstić information content (AvgIpc) is 2.27. The van der Waals surface area contributed by atoms with Crippen molar-refractivity contribution in [3.8, 4) is 0 Å². The smallest absolute Gasteiger partial charge is 0.423 e. The number of nitrogens with two attached hydrogens (primary N) is 1. The van der Waals surface area contributed by atoms with Gasteiger partial charge in [0.15, 0.2) is 0 Å². The van der Waals surface area contributed by atoms with Crippen LogP contribution < -0.4 is 16.6 Å². The maximum absolute atomic E-state index is 10.4. The van der Waals surface area contributed by atoms with Gasteiger partial charge in [0.2, 0.25) is 0 Å². The van der Waals surface area contributed by atoms with Gasteiger partial charge in [0.25, 0.3) is 0 Å². The highest BCUT2D eigenvalue weighted by Gasteiger charge is 2.06. The van der Waals surface area contributed by atoms with Crippen LogP contribution in [0.4, 0.5) is 16.2 Å². The highest BCUT2D eigenvalue weighted by atomic mass is 16.4. The highest BCUT2D eigenvalue weighted by molar-refractivity contribution is 5.97. The third kappa shape index (κ3) is 1.81. The summed E-state index contributed by atoms with van der Waals surface area (Å²) in [4.78, 5) is 14.5. The van der Waals surface area contributed by atoms with E-state index in [0.29, 0.717) is 11.4 Å². The van der Waals surface area contributed by atoms with Gasteiger partial charge in [-0.2, -0.15) is 0 Å². The summed E-state index contributed by atoms with van der Waals surface area (Å²) in [5.41, 5.74) is 11.9. The van der Waals surface area contributed by atoms with E-state index in [1.165, 1.54) is 6.20 Å². The lowest BCUT2D eigenvalue weighted by molar-refractivity contribution is 0.197. The molecule has 0 saturated carbocycles. The first kappa shape index (κ1) is 10.0. The first-order valence-electron chi connectivity index (χ1n) is 4.56. The number of carbonyl (C=O) groups is 1. The molecule has 1 amide bonds. The van der Waals surface area contributed by atoms with Crippen LogP contribution >= 0.6 is 0 Å². The fraction of sp³-hybridized carbons (Fsp3) is 0. The van der Waals surface area contributed by atoms with E-state index in [9.17, 15) is 4.79 Å². The van der Waals surface area contributed by atoms with Crippen LogP contribution in [0.1, 0.15) is 0 Å². The maximum atomic E-state index is 10.4. The Morgan fingerprint density at radius 3 is 2.88 bits per heavy atom. The van der Waals surface area contributed by atoms with Crippen molar-refractivity contribution in [2.75, 3.05) is 11.2 Å². The van der Waals surface area contributed by atoms with E-state index in [-0.39, 0.29) is 0 Å². The Morgan fingerprint density at radius 1 is 1.38 bits per heavy atom. The number of anilines is 2. The predicted molar refractivity (Wildman–Crippen MR) is 60.9 cm³/mol. The Bertz CT molecular complexity index is 541. The summed E-state index contributed by atoms with van der Waals surface area (Å²) in [5.74, 6) is 0. The highest BCUT2D eigenvalue weighted by Crippen LogP contribution is 2.26. The van der Waals surface area contributed by atoms with E-state index in [1.807, 2.05) is 24.3 Å². The molecule has 0 radical (unpaired) electrons. The van der Waals surface area contributed by atoms with E-state index in [1.54, 1.807) is 0 Å². The number of hydrogen-bond acceptors (Lipinski definition) is 4. The second-order valence-electron chi connectivity index (χ2n) is 3.16. The van der Waals surface area contributed by atoms with Gasteiger partial charge in [-0.05, 0) is 6.07 Å². The van der Waals surface area contributed by atoms with E-state index in [0.717, 1.165) is 10.9 Å². The van der Waals surface area contributed by atoms with Crippen molar-refractivity contribution in [1.29, 1.82) is 0 Å². The second kappa shape index (κ2) is 3.93. The van der Waals surface area contributed by atoms with Crippen LogP contribution in [-0.4, -0.2) is 16.2 Å². The molecule has 0 aliphatic rings. The maximum Gasteiger partial charge on any atom is 0.423 e. The Hall–Kier alpha value is -2.50. The molecule has 2 rings (SSSR count). The van der Waals surface area contributed by atoms with E-state index >= 15 is 0 Å². The summed E-state index contributed by atoms with van der Waals surface area (Å²) in [6, 6.07) is 7.31. The van der Waals surface area contributed by atoms with Gasteiger partial charge in [0, 0.05) is 5.39 Å². The number of nitrogens with one attached hydrogen (secondary N) is 2. The van der Waals surface area contributed by atoms with Crippen molar-refractivity contribution in [3.05, 3.63) is 30.5 Å². The van der Waals surface area contributed by atoms with Gasteiger partial charge in [-0.1, -0.05) is 18.2 Å². The summed E-state index contributed by atoms with van der Waals surface area (Å²) in [6.07, 6.45) is 0.300. The molecule has 82 valence electrons. The van der Waals surface area contributed by atoms with Gasteiger partial charge in [-0.25, -0.2) is 10.2 Å². The normalized spacial score (nSPS) is 10.0. The number of fused-ring (bicyclic) bond motifs is 1.